The molecule has 158 valence electrons. The van der Waals surface area contributed by atoms with Crippen molar-refractivity contribution in [1.29, 1.82) is 0 Å². The summed E-state index contributed by atoms with van der Waals surface area (Å²) in [7, 11) is -0.554. The molecular weight excluding hydrogens is 396 g/mol. The predicted molar refractivity (Wildman–Crippen MR) is 111 cm³/mol. The number of hydrogen-bond donors (Lipinski definition) is 0. The topological polar surface area (TPSA) is 9.23 Å². The molecule has 0 unspecified atom stereocenters. The van der Waals surface area contributed by atoms with E-state index < -0.39 is 32.8 Å². The van der Waals surface area contributed by atoms with Crippen LogP contribution >= 0.6 is 0 Å². The van der Waals surface area contributed by atoms with Crippen LogP contribution < -0.4 is 4.74 Å². The van der Waals surface area contributed by atoms with Crippen molar-refractivity contribution in [3.05, 3.63) is 53.6 Å². The first-order chi connectivity index (χ1) is 14.0. The van der Waals surface area contributed by atoms with Crippen molar-refractivity contribution in [2.75, 3.05) is 0 Å². The summed E-state index contributed by atoms with van der Waals surface area (Å²) >= 11 is 0. The Balaban J connectivity index is 1.64. The fourth-order valence-electron chi connectivity index (χ4n) is 4.34. The van der Waals surface area contributed by atoms with Crippen LogP contribution in [0.25, 0.3) is 11.1 Å². The van der Waals surface area contributed by atoms with Crippen LogP contribution in [0.15, 0.2) is 36.4 Å². The molecule has 0 aliphatic carbocycles. The number of rotatable bonds is 8. The maximum absolute atomic E-state index is 14.0. The quantitative estimate of drug-likeness (QED) is 0.242. The van der Waals surface area contributed by atoms with Crippen molar-refractivity contribution < 1.29 is 22.3 Å². The third-order valence-corrected chi connectivity index (χ3v) is 9.51. The Bertz CT molecular complexity index is 763. The Labute approximate surface area is 171 Å². The van der Waals surface area contributed by atoms with Crippen LogP contribution in [0.3, 0.4) is 0 Å². The van der Waals surface area contributed by atoms with Gasteiger partial charge in [0.15, 0.2) is 17.4 Å². The van der Waals surface area contributed by atoms with Crippen LogP contribution in [-0.2, 0) is 0 Å². The second kappa shape index (κ2) is 10.3. The van der Waals surface area contributed by atoms with E-state index in [0.717, 1.165) is 12.1 Å². The van der Waals surface area contributed by atoms with Crippen molar-refractivity contribution in [1.82, 2.24) is 0 Å². The molecule has 1 fully saturated rings. The number of hydrogen-bond acceptors (Lipinski definition) is 1. The third kappa shape index (κ3) is 5.84. The van der Waals surface area contributed by atoms with E-state index >= 15 is 0 Å². The molecule has 29 heavy (non-hydrogen) atoms. The Morgan fingerprint density at radius 3 is 2.14 bits per heavy atom. The van der Waals surface area contributed by atoms with Gasteiger partial charge >= 0.3 is 6.61 Å². The Morgan fingerprint density at radius 2 is 1.59 bits per heavy atom. The Hall–Kier alpha value is -1.82. The fourth-order valence-corrected chi connectivity index (χ4v) is 7.82. The molecule has 0 spiro atoms. The number of benzene rings is 2. The first kappa shape index (κ1) is 21.9. The minimum atomic E-state index is -3.27. The molecule has 1 nitrogen and oxygen atoms in total. The molecule has 3 rings (SSSR count). The van der Waals surface area contributed by atoms with Gasteiger partial charge in [-0.3, -0.25) is 0 Å². The lowest BCUT2D eigenvalue weighted by Crippen LogP contribution is -2.20. The maximum Gasteiger partial charge on any atom is 0.387 e. The van der Waals surface area contributed by atoms with Crippen LogP contribution in [-0.4, -0.2) is 15.4 Å². The van der Waals surface area contributed by atoms with Gasteiger partial charge in [-0.25, -0.2) is 8.78 Å². The van der Waals surface area contributed by atoms with E-state index in [9.17, 15) is 17.6 Å². The fraction of sp³-hybridized carbons (Fsp3) is 0.478. The largest absolute Gasteiger partial charge is 0.429 e. The van der Waals surface area contributed by atoms with Gasteiger partial charge in [-0.1, -0.05) is 68.6 Å². The molecule has 1 saturated heterocycles. The van der Waals surface area contributed by atoms with Crippen LogP contribution in [0.2, 0.25) is 18.1 Å². The highest BCUT2D eigenvalue weighted by Crippen LogP contribution is 2.36. The maximum atomic E-state index is 14.0. The molecule has 0 amide bonds. The number of ether oxygens (including phenoxy) is 1. The predicted octanol–water partition coefficient (Wildman–Crippen LogP) is 7.53. The average molecular weight is 425 g/mol. The minimum absolute atomic E-state index is 0.306. The van der Waals surface area contributed by atoms with Crippen LogP contribution in [0, 0.1) is 11.6 Å². The van der Waals surface area contributed by atoms with Gasteiger partial charge in [0.2, 0.25) is 0 Å². The summed E-state index contributed by atoms with van der Waals surface area (Å²) < 4.78 is 56.4. The van der Waals surface area contributed by atoms with Crippen molar-refractivity contribution in [2.24, 2.45) is 0 Å². The normalized spacial score (nSPS) is 19.5. The molecule has 0 aromatic heterocycles. The summed E-state index contributed by atoms with van der Waals surface area (Å²) in [5.41, 5.74) is 2.23. The SMILES string of the molecule is CCCCC[Si@H]1CC[C@H](c2ccc(-c3cc(F)c(OC(F)F)c(F)c3)cc2)CC1. The van der Waals surface area contributed by atoms with Gasteiger partial charge in [0.1, 0.15) is 0 Å². The summed E-state index contributed by atoms with van der Waals surface area (Å²) in [5.74, 6) is -2.74. The summed E-state index contributed by atoms with van der Waals surface area (Å²) in [4.78, 5) is 0. The molecule has 1 heterocycles. The zero-order chi connectivity index (χ0) is 20.8. The van der Waals surface area contributed by atoms with Gasteiger partial charge in [-0.15, -0.1) is 0 Å². The summed E-state index contributed by atoms with van der Waals surface area (Å²) in [5, 5.41) is 0. The van der Waals surface area contributed by atoms with E-state index in [0.29, 0.717) is 17.0 Å². The lowest BCUT2D eigenvalue weighted by Gasteiger charge is -2.28. The first-order valence-electron chi connectivity index (χ1n) is 10.5. The van der Waals surface area contributed by atoms with E-state index in [-0.39, 0.29) is 0 Å². The Kier molecular flexibility index (Phi) is 7.75. The van der Waals surface area contributed by atoms with Crippen LogP contribution in [0.1, 0.15) is 50.5 Å². The summed E-state index contributed by atoms with van der Waals surface area (Å²) in [6.07, 6.45) is 6.51. The van der Waals surface area contributed by atoms with Crippen molar-refractivity contribution in [2.45, 2.75) is 69.7 Å². The smallest absolute Gasteiger partial charge is 0.387 e. The molecule has 2 aromatic carbocycles. The average Bonchev–Trinajstić information content (AvgIpc) is 2.71. The molecule has 2 aromatic rings. The molecule has 1 aliphatic rings. The van der Waals surface area contributed by atoms with Crippen molar-refractivity contribution >= 4 is 8.80 Å². The Morgan fingerprint density at radius 1 is 0.966 bits per heavy atom. The molecule has 0 N–H and O–H groups in total. The zero-order valence-corrected chi connectivity index (χ0v) is 17.9. The van der Waals surface area contributed by atoms with Gasteiger partial charge in [0, 0.05) is 8.80 Å². The van der Waals surface area contributed by atoms with Gasteiger partial charge in [-0.05, 0) is 47.6 Å². The zero-order valence-electron chi connectivity index (χ0n) is 16.8. The van der Waals surface area contributed by atoms with E-state index in [1.54, 1.807) is 0 Å². The van der Waals surface area contributed by atoms with Gasteiger partial charge in [-0.2, -0.15) is 8.78 Å². The molecular formula is C23H28F4OSi. The molecule has 0 atom stereocenters. The van der Waals surface area contributed by atoms with Gasteiger partial charge in [0.25, 0.3) is 0 Å². The number of halogens is 4. The lowest BCUT2D eigenvalue weighted by atomic mass is 9.92. The highest BCUT2D eigenvalue weighted by molar-refractivity contribution is 6.59. The standard InChI is InChI=1S/C23H28F4OSi/c1-2-3-4-11-29-12-9-18(10-13-29)16-5-7-17(8-6-16)19-14-20(24)22(21(25)15-19)28-23(26)27/h5-8,14-15,18,23,29H,2-4,9-13H2,1H3/t18-,29-. The highest BCUT2D eigenvalue weighted by atomic mass is 28.3. The van der Waals surface area contributed by atoms with Crippen LogP contribution in [0.5, 0.6) is 5.75 Å². The van der Waals surface area contributed by atoms with Gasteiger partial charge < -0.3 is 4.74 Å². The van der Waals surface area contributed by atoms with E-state index in [2.05, 4.69) is 11.7 Å². The third-order valence-electron chi connectivity index (χ3n) is 5.98. The molecule has 6 heteroatoms. The lowest BCUT2D eigenvalue weighted by molar-refractivity contribution is -0.0546. The minimum Gasteiger partial charge on any atom is -0.429 e. The number of unbranched alkanes of at least 4 members (excludes halogenated alkanes) is 2. The van der Waals surface area contributed by atoms with E-state index in [1.165, 1.54) is 55.8 Å². The van der Waals surface area contributed by atoms with Crippen molar-refractivity contribution in [3.8, 4) is 16.9 Å². The molecule has 1 aliphatic heterocycles. The molecule has 0 saturated carbocycles. The van der Waals surface area contributed by atoms with Crippen LogP contribution in [0.4, 0.5) is 17.6 Å². The summed E-state index contributed by atoms with van der Waals surface area (Å²) in [6, 6.07) is 14.1. The number of alkyl halides is 2. The van der Waals surface area contributed by atoms with E-state index in [1.807, 2.05) is 24.3 Å². The summed E-state index contributed by atoms with van der Waals surface area (Å²) in [6.45, 7) is -1.02. The highest BCUT2D eigenvalue weighted by Gasteiger charge is 2.23. The van der Waals surface area contributed by atoms with Gasteiger partial charge in [0.05, 0.1) is 0 Å². The first-order valence-corrected chi connectivity index (χ1v) is 13.0. The van der Waals surface area contributed by atoms with Crippen molar-refractivity contribution in [3.63, 3.8) is 0 Å². The van der Waals surface area contributed by atoms with E-state index in [4.69, 9.17) is 0 Å². The molecule has 0 radical (unpaired) electrons. The second-order valence-corrected chi connectivity index (χ2v) is 11.4. The second-order valence-electron chi connectivity index (χ2n) is 7.98. The monoisotopic (exact) mass is 424 g/mol. The molecule has 0 bridgehead atoms.